The van der Waals surface area contributed by atoms with Gasteiger partial charge in [0.1, 0.15) is 11.5 Å². The fourth-order valence-corrected chi connectivity index (χ4v) is 7.08. The van der Waals surface area contributed by atoms with Gasteiger partial charge in [-0.05, 0) is 79.0 Å². The first kappa shape index (κ1) is 21.8. The van der Waals surface area contributed by atoms with Gasteiger partial charge in [-0.15, -0.1) is 0 Å². The van der Waals surface area contributed by atoms with Crippen molar-refractivity contribution in [3.8, 4) is 22.6 Å². The molecule has 2 fully saturated rings. The number of piperidine rings is 1. The van der Waals surface area contributed by atoms with Crippen molar-refractivity contribution in [1.29, 1.82) is 0 Å². The van der Waals surface area contributed by atoms with Gasteiger partial charge in [-0.2, -0.15) is 0 Å². The van der Waals surface area contributed by atoms with Crippen LogP contribution in [0.1, 0.15) is 48.3 Å². The summed E-state index contributed by atoms with van der Waals surface area (Å²) in [6.07, 6.45) is 10.1. The lowest BCUT2D eigenvalue weighted by Crippen LogP contribution is -2.45. The van der Waals surface area contributed by atoms with Gasteiger partial charge in [-0.3, -0.25) is 9.88 Å². The van der Waals surface area contributed by atoms with E-state index < -0.39 is 0 Å². The van der Waals surface area contributed by atoms with Crippen molar-refractivity contribution < 1.29 is 4.74 Å². The minimum atomic E-state index is 0.399. The van der Waals surface area contributed by atoms with Crippen LogP contribution in [0.15, 0.2) is 97.3 Å². The van der Waals surface area contributed by atoms with E-state index in [1.165, 1.54) is 60.0 Å². The van der Waals surface area contributed by atoms with E-state index in [2.05, 4.69) is 94.8 Å². The average Bonchev–Trinajstić information content (AvgIpc) is 3.17. The molecule has 3 aromatic carbocycles. The van der Waals surface area contributed by atoms with Crippen LogP contribution in [-0.2, 0) is 6.42 Å². The maximum Gasteiger partial charge on any atom is 0.131 e. The third kappa shape index (κ3) is 3.92. The fourth-order valence-electron chi connectivity index (χ4n) is 7.08. The lowest BCUT2D eigenvalue weighted by Gasteiger charge is -2.43. The molecule has 0 N–H and O–H groups in total. The molecule has 3 atom stereocenters. The van der Waals surface area contributed by atoms with Crippen LogP contribution in [0.3, 0.4) is 0 Å². The number of fused-ring (bicyclic) bond motifs is 4. The number of ether oxygens (including phenoxy) is 1. The third-order valence-corrected chi connectivity index (χ3v) is 8.73. The number of pyridine rings is 1. The Morgan fingerprint density at radius 2 is 1.44 bits per heavy atom. The van der Waals surface area contributed by atoms with Crippen LogP contribution >= 0.6 is 0 Å². The lowest BCUT2D eigenvalue weighted by molar-refractivity contribution is 0.0972. The highest BCUT2D eigenvalue weighted by Crippen LogP contribution is 2.53. The Labute approximate surface area is 213 Å². The molecule has 2 bridgehead atoms. The predicted octanol–water partition coefficient (Wildman–Crippen LogP) is 7.47. The number of benzene rings is 3. The van der Waals surface area contributed by atoms with E-state index in [0.717, 1.165) is 17.9 Å². The van der Waals surface area contributed by atoms with E-state index in [1.54, 1.807) is 0 Å². The number of nitrogens with zero attached hydrogens (tertiary/aromatic N) is 2. The van der Waals surface area contributed by atoms with Gasteiger partial charge in [0.2, 0.25) is 0 Å². The van der Waals surface area contributed by atoms with Gasteiger partial charge in [0, 0.05) is 48.1 Å². The molecule has 3 heteroatoms. The molecular weight excluding hydrogens is 440 g/mol. The molecular formula is C33H32N2O. The molecule has 1 aromatic heterocycles. The van der Waals surface area contributed by atoms with E-state index >= 15 is 0 Å². The molecule has 36 heavy (non-hydrogen) atoms. The zero-order valence-corrected chi connectivity index (χ0v) is 20.6. The Bertz CT molecular complexity index is 1340. The Morgan fingerprint density at radius 1 is 0.722 bits per heavy atom. The van der Waals surface area contributed by atoms with Crippen molar-refractivity contribution >= 4 is 0 Å². The van der Waals surface area contributed by atoms with Gasteiger partial charge in [0.15, 0.2) is 0 Å². The van der Waals surface area contributed by atoms with Crippen molar-refractivity contribution in [3.63, 3.8) is 0 Å². The smallest absolute Gasteiger partial charge is 0.131 e. The molecule has 4 heterocycles. The summed E-state index contributed by atoms with van der Waals surface area (Å²) in [7, 11) is 0. The summed E-state index contributed by atoms with van der Waals surface area (Å²) in [5, 5.41) is 0. The van der Waals surface area contributed by atoms with Crippen LogP contribution in [0.25, 0.3) is 11.1 Å². The highest BCUT2D eigenvalue weighted by molar-refractivity contribution is 5.68. The standard InChI is InChI=1S/C33H32N2O/c1-2-6-23(7-3-1)16-19-35-27-11-12-28(35)21-26(20-27)33-29-8-4-5-9-31(29)36-32-22-25(10-13-30(32)33)24-14-17-34-18-15-24/h1-10,13-15,17-18,22,26-28,33H,11-12,16,19-21H2. The maximum absolute atomic E-state index is 6.51. The summed E-state index contributed by atoms with van der Waals surface area (Å²) in [5.74, 6) is 3.09. The molecule has 4 aromatic rings. The molecule has 0 spiro atoms. The summed E-state index contributed by atoms with van der Waals surface area (Å²) < 4.78 is 6.51. The predicted molar refractivity (Wildman–Crippen MR) is 144 cm³/mol. The first-order valence-electron chi connectivity index (χ1n) is 13.4. The second kappa shape index (κ2) is 9.22. The first-order valence-corrected chi connectivity index (χ1v) is 13.4. The molecule has 3 aliphatic rings. The van der Waals surface area contributed by atoms with Gasteiger partial charge in [-0.25, -0.2) is 0 Å². The zero-order valence-electron chi connectivity index (χ0n) is 20.6. The molecule has 0 saturated carbocycles. The Hall–Kier alpha value is -3.43. The van der Waals surface area contributed by atoms with Crippen LogP contribution in [0.2, 0.25) is 0 Å². The van der Waals surface area contributed by atoms with Crippen LogP contribution in [0, 0.1) is 5.92 Å². The molecule has 3 nitrogen and oxygen atoms in total. The largest absolute Gasteiger partial charge is 0.457 e. The van der Waals surface area contributed by atoms with Crippen molar-refractivity contribution in [2.45, 2.75) is 50.1 Å². The second-order valence-corrected chi connectivity index (χ2v) is 10.7. The Morgan fingerprint density at radius 3 is 2.25 bits per heavy atom. The highest BCUT2D eigenvalue weighted by atomic mass is 16.5. The quantitative estimate of drug-likeness (QED) is 0.301. The van der Waals surface area contributed by atoms with Gasteiger partial charge in [-0.1, -0.05) is 60.7 Å². The molecule has 180 valence electrons. The number of hydrogen-bond donors (Lipinski definition) is 0. The molecule has 7 rings (SSSR count). The topological polar surface area (TPSA) is 25.4 Å². The average molecular weight is 473 g/mol. The van der Waals surface area contributed by atoms with E-state index in [4.69, 9.17) is 4.74 Å². The van der Waals surface area contributed by atoms with E-state index in [9.17, 15) is 0 Å². The third-order valence-electron chi connectivity index (χ3n) is 8.73. The van der Waals surface area contributed by atoms with Crippen molar-refractivity contribution in [2.24, 2.45) is 5.92 Å². The number of para-hydroxylation sites is 1. The first-order chi connectivity index (χ1) is 17.8. The highest BCUT2D eigenvalue weighted by Gasteiger charge is 2.45. The molecule has 3 aliphatic heterocycles. The van der Waals surface area contributed by atoms with Crippen LogP contribution < -0.4 is 4.74 Å². The molecule has 0 radical (unpaired) electrons. The normalized spacial score (nSPS) is 24.6. The zero-order chi connectivity index (χ0) is 23.9. The van der Waals surface area contributed by atoms with Crippen LogP contribution in [-0.4, -0.2) is 28.5 Å². The monoisotopic (exact) mass is 472 g/mol. The van der Waals surface area contributed by atoms with Crippen molar-refractivity contribution in [3.05, 3.63) is 114 Å². The van der Waals surface area contributed by atoms with Crippen molar-refractivity contribution in [2.75, 3.05) is 6.54 Å². The van der Waals surface area contributed by atoms with Gasteiger partial charge in [0.25, 0.3) is 0 Å². The summed E-state index contributed by atoms with van der Waals surface area (Å²) in [6.45, 7) is 1.18. The molecule has 2 saturated heterocycles. The van der Waals surface area contributed by atoms with Crippen LogP contribution in [0.5, 0.6) is 11.5 Å². The van der Waals surface area contributed by atoms with Crippen molar-refractivity contribution in [1.82, 2.24) is 9.88 Å². The SMILES string of the molecule is c1ccc(CCN2C3CCC2CC(C2c4ccccc4Oc4cc(-c5ccncc5)ccc42)C3)cc1. The second-order valence-electron chi connectivity index (χ2n) is 10.7. The lowest BCUT2D eigenvalue weighted by atomic mass is 9.72. The molecule has 0 aliphatic carbocycles. The Kier molecular flexibility index (Phi) is 5.59. The summed E-state index contributed by atoms with van der Waals surface area (Å²) in [6, 6.07) is 32.1. The summed E-state index contributed by atoms with van der Waals surface area (Å²) in [4.78, 5) is 7.02. The van der Waals surface area contributed by atoms with Gasteiger partial charge >= 0.3 is 0 Å². The summed E-state index contributed by atoms with van der Waals surface area (Å²) >= 11 is 0. The maximum atomic E-state index is 6.51. The van der Waals surface area contributed by atoms with Gasteiger partial charge in [0.05, 0.1) is 0 Å². The van der Waals surface area contributed by atoms with Crippen LogP contribution in [0.4, 0.5) is 0 Å². The minimum absolute atomic E-state index is 0.399. The Balaban J connectivity index is 1.18. The fraction of sp³-hybridized carbons (Fsp3) is 0.303. The van der Waals surface area contributed by atoms with E-state index in [1.807, 2.05) is 12.4 Å². The minimum Gasteiger partial charge on any atom is -0.457 e. The molecule has 3 unspecified atom stereocenters. The van der Waals surface area contributed by atoms with Gasteiger partial charge < -0.3 is 4.74 Å². The van der Waals surface area contributed by atoms with E-state index in [-0.39, 0.29) is 0 Å². The molecule has 0 amide bonds. The van der Waals surface area contributed by atoms with E-state index in [0.29, 0.717) is 23.9 Å². The number of aromatic nitrogens is 1. The number of hydrogen-bond acceptors (Lipinski definition) is 3. The summed E-state index contributed by atoms with van der Waals surface area (Å²) in [5.41, 5.74) is 6.54. The number of rotatable bonds is 5.